The van der Waals surface area contributed by atoms with E-state index in [1.807, 2.05) is 36.6 Å². The largest absolute Gasteiger partial charge is 0.343 e. The van der Waals surface area contributed by atoms with Gasteiger partial charge in [-0.3, -0.25) is 4.79 Å². The Labute approximate surface area is 143 Å². The first-order valence-electron chi connectivity index (χ1n) is 7.97. The van der Waals surface area contributed by atoms with Gasteiger partial charge in [-0.25, -0.2) is 9.97 Å². The van der Waals surface area contributed by atoms with Crippen molar-refractivity contribution in [2.45, 2.75) is 25.8 Å². The van der Waals surface area contributed by atoms with Crippen LogP contribution in [0.25, 0.3) is 11.0 Å². The fraction of sp³-hybridized carbons (Fsp3) is 0.353. The van der Waals surface area contributed by atoms with E-state index in [1.54, 1.807) is 18.3 Å². The van der Waals surface area contributed by atoms with Crippen molar-refractivity contribution in [3.05, 3.63) is 40.3 Å². The molecule has 1 aromatic carbocycles. The minimum atomic E-state index is -0.441. The molecule has 1 aliphatic heterocycles. The second kappa shape index (κ2) is 5.59. The van der Waals surface area contributed by atoms with Crippen LogP contribution >= 0.6 is 11.3 Å². The van der Waals surface area contributed by atoms with Gasteiger partial charge in [-0.2, -0.15) is 0 Å². The Hall–Kier alpha value is -2.41. The zero-order chi connectivity index (χ0) is 16.7. The summed E-state index contributed by atoms with van der Waals surface area (Å²) in [6.45, 7) is 5.03. The van der Waals surface area contributed by atoms with Gasteiger partial charge in [-0.1, -0.05) is 12.1 Å². The summed E-state index contributed by atoms with van der Waals surface area (Å²) in [5.41, 5.74) is 2.52. The Morgan fingerprint density at radius 1 is 1.38 bits per heavy atom. The summed E-state index contributed by atoms with van der Waals surface area (Å²) in [4.78, 5) is 26.7. The smallest absolute Gasteiger partial charge is 0.217 e. The van der Waals surface area contributed by atoms with Gasteiger partial charge in [0.25, 0.3) is 0 Å². The molecule has 3 heterocycles. The maximum Gasteiger partial charge on any atom is 0.217 e. The van der Waals surface area contributed by atoms with Crippen LogP contribution in [0.15, 0.2) is 29.6 Å². The number of para-hydroxylation sites is 2. The van der Waals surface area contributed by atoms with E-state index >= 15 is 0 Å². The Bertz CT molecular complexity index is 868. The third-order valence-electron chi connectivity index (χ3n) is 4.39. The van der Waals surface area contributed by atoms with Crippen LogP contribution in [0.4, 0.5) is 5.95 Å². The van der Waals surface area contributed by atoms with Crippen molar-refractivity contribution in [3.63, 3.8) is 0 Å². The molecule has 0 bridgehead atoms. The zero-order valence-corrected chi connectivity index (χ0v) is 14.5. The molecule has 1 unspecified atom stereocenters. The summed E-state index contributed by atoms with van der Waals surface area (Å²) in [6, 6.07) is 7.99. The monoisotopic (exact) mass is 341 g/mol. The first-order valence-corrected chi connectivity index (χ1v) is 8.85. The van der Waals surface area contributed by atoms with E-state index < -0.39 is 5.54 Å². The molecule has 124 valence electrons. The lowest BCUT2D eigenvalue weighted by Gasteiger charge is -2.28. The number of nitrogens with one attached hydrogen (secondary N) is 2. The zero-order valence-electron chi connectivity index (χ0n) is 13.7. The fourth-order valence-corrected chi connectivity index (χ4v) is 4.30. The third-order valence-corrected chi connectivity index (χ3v) is 5.55. The number of nitrogens with zero attached hydrogens (tertiary/aromatic N) is 3. The molecule has 1 atom stereocenters. The second-order valence-corrected chi connectivity index (χ2v) is 7.16. The molecule has 1 aliphatic rings. The quantitative estimate of drug-likeness (QED) is 0.768. The highest BCUT2D eigenvalue weighted by atomic mass is 32.1. The molecule has 0 radical (unpaired) electrons. The van der Waals surface area contributed by atoms with E-state index in [-0.39, 0.29) is 5.91 Å². The molecule has 6 nitrogen and oxygen atoms in total. The van der Waals surface area contributed by atoms with Gasteiger partial charge in [0.1, 0.15) is 10.5 Å². The first-order chi connectivity index (χ1) is 11.6. The average Bonchev–Trinajstić information content (AvgIpc) is 3.24. The maximum atomic E-state index is 11.8. The molecule has 0 spiro atoms. The predicted octanol–water partition coefficient (Wildman–Crippen LogP) is 2.57. The Balaban J connectivity index is 1.67. The van der Waals surface area contributed by atoms with Gasteiger partial charge in [0.05, 0.1) is 17.6 Å². The number of imidazole rings is 1. The average molecular weight is 341 g/mol. The summed E-state index contributed by atoms with van der Waals surface area (Å²) >= 11 is 1.61. The molecule has 0 saturated carbocycles. The van der Waals surface area contributed by atoms with Crippen molar-refractivity contribution in [1.29, 1.82) is 0 Å². The van der Waals surface area contributed by atoms with Crippen molar-refractivity contribution in [3.8, 4) is 0 Å². The molecule has 1 amide bonds. The van der Waals surface area contributed by atoms with E-state index in [9.17, 15) is 4.79 Å². The van der Waals surface area contributed by atoms with Crippen molar-refractivity contribution >= 4 is 34.2 Å². The number of thiazole rings is 1. The highest BCUT2D eigenvalue weighted by Crippen LogP contribution is 2.36. The third kappa shape index (κ3) is 2.54. The molecule has 4 rings (SSSR count). The number of benzene rings is 1. The summed E-state index contributed by atoms with van der Waals surface area (Å²) in [5.74, 6) is 0.811. The Kier molecular flexibility index (Phi) is 3.53. The number of aromatic nitrogens is 3. The lowest BCUT2D eigenvalue weighted by molar-refractivity contribution is -0.120. The van der Waals surface area contributed by atoms with Crippen molar-refractivity contribution in [2.24, 2.45) is 0 Å². The lowest BCUT2D eigenvalue weighted by atomic mass is 9.99. The van der Waals surface area contributed by atoms with Crippen LogP contribution in [0.1, 0.15) is 24.0 Å². The molecule has 3 aromatic rings. The van der Waals surface area contributed by atoms with E-state index in [0.29, 0.717) is 6.54 Å². The normalized spacial score (nSPS) is 20.7. The van der Waals surface area contributed by atoms with Crippen molar-refractivity contribution < 1.29 is 4.79 Å². The topological polar surface area (TPSA) is 73.9 Å². The van der Waals surface area contributed by atoms with E-state index in [0.717, 1.165) is 40.6 Å². The standard InChI is InChI=1S/C17H19N5OS/c1-11-9-24-15(18-11)17(21-12(2)23)7-8-22(10-17)16-19-13-5-3-4-6-14(13)20-16/h3-6,9H,7-8,10H2,1-2H3,(H,19,20)(H,21,23). The number of amides is 1. The molecule has 1 saturated heterocycles. The predicted molar refractivity (Wildman–Crippen MR) is 95.3 cm³/mol. The number of fused-ring (bicyclic) bond motifs is 1. The fourth-order valence-electron chi connectivity index (χ4n) is 3.32. The minimum absolute atomic E-state index is 0.0330. The number of carbonyl (C=O) groups excluding carboxylic acids is 1. The van der Waals surface area contributed by atoms with E-state index in [2.05, 4.69) is 25.2 Å². The van der Waals surface area contributed by atoms with Crippen LogP contribution in [0.2, 0.25) is 0 Å². The summed E-state index contributed by atoms with van der Waals surface area (Å²) < 4.78 is 0. The van der Waals surface area contributed by atoms with Gasteiger partial charge in [0, 0.05) is 24.5 Å². The highest BCUT2D eigenvalue weighted by Gasteiger charge is 2.43. The van der Waals surface area contributed by atoms with Gasteiger partial charge in [-0.05, 0) is 25.5 Å². The van der Waals surface area contributed by atoms with Gasteiger partial charge < -0.3 is 15.2 Å². The van der Waals surface area contributed by atoms with Crippen molar-refractivity contribution in [2.75, 3.05) is 18.0 Å². The summed E-state index contributed by atoms with van der Waals surface area (Å²) in [6.07, 6.45) is 0.816. The number of rotatable bonds is 3. The molecule has 2 aromatic heterocycles. The molecule has 2 N–H and O–H groups in total. The number of hydrogen-bond donors (Lipinski definition) is 2. The van der Waals surface area contributed by atoms with Crippen LogP contribution in [0, 0.1) is 6.92 Å². The van der Waals surface area contributed by atoms with Gasteiger partial charge in [-0.15, -0.1) is 11.3 Å². The number of H-pyrrole nitrogens is 1. The maximum absolute atomic E-state index is 11.8. The SMILES string of the molecule is CC(=O)NC1(c2nc(C)cs2)CCN(c2nc3ccccc3[nH]2)C1. The molecular weight excluding hydrogens is 322 g/mol. The first kappa shape index (κ1) is 15.1. The van der Waals surface area contributed by atoms with Gasteiger partial charge in [0.15, 0.2) is 0 Å². The van der Waals surface area contributed by atoms with E-state index in [1.165, 1.54) is 0 Å². The van der Waals surface area contributed by atoms with Crippen molar-refractivity contribution in [1.82, 2.24) is 20.3 Å². The van der Waals surface area contributed by atoms with Crippen LogP contribution in [0.3, 0.4) is 0 Å². The summed E-state index contributed by atoms with van der Waals surface area (Å²) in [5, 5.41) is 6.14. The Morgan fingerprint density at radius 3 is 2.92 bits per heavy atom. The van der Waals surface area contributed by atoms with Crippen LogP contribution < -0.4 is 10.2 Å². The molecule has 1 fully saturated rings. The molecular formula is C17H19N5OS. The van der Waals surface area contributed by atoms with Gasteiger partial charge >= 0.3 is 0 Å². The highest BCUT2D eigenvalue weighted by molar-refractivity contribution is 7.09. The van der Waals surface area contributed by atoms with Crippen LogP contribution in [0.5, 0.6) is 0 Å². The van der Waals surface area contributed by atoms with E-state index in [4.69, 9.17) is 0 Å². The molecule has 0 aliphatic carbocycles. The molecule has 7 heteroatoms. The minimum Gasteiger partial charge on any atom is -0.343 e. The van der Waals surface area contributed by atoms with Gasteiger partial charge in [0.2, 0.25) is 11.9 Å². The number of aromatic amines is 1. The molecule has 24 heavy (non-hydrogen) atoms. The Morgan fingerprint density at radius 2 is 2.21 bits per heavy atom. The van der Waals surface area contributed by atoms with Crippen LogP contribution in [-0.4, -0.2) is 33.9 Å². The lowest BCUT2D eigenvalue weighted by Crippen LogP contribution is -2.47. The van der Waals surface area contributed by atoms with Crippen LogP contribution in [-0.2, 0) is 10.3 Å². The number of carbonyl (C=O) groups is 1. The number of anilines is 1. The second-order valence-electron chi connectivity index (χ2n) is 6.31. The number of aryl methyl sites for hydroxylation is 1. The summed E-state index contributed by atoms with van der Waals surface area (Å²) in [7, 11) is 0. The number of hydrogen-bond acceptors (Lipinski definition) is 5.